The van der Waals surface area contributed by atoms with Gasteiger partial charge in [0.05, 0.1) is 19.1 Å². The molecule has 1 aliphatic heterocycles. The Balaban J connectivity index is 1.51. The highest BCUT2D eigenvalue weighted by Crippen LogP contribution is 2.39. The Kier molecular flexibility index (Phi) is 8.04. The molecule has 2 aromatic carbocycles. The van der Waals surface area contributed by atoms with Crippen LogP contribution in [0.15, 0.2) is 73.1 Å². The second-order valence-corrected chi connectivity index (χ2v) is 10.1. The van der Waals surface area contributed by atoms with Crippen LogP contribution in [0.2, 0.25) is 5.02 Å². The van der Waals surface area contributed by atoms with Gasteiger partial charge in [0.1, 0.15) is 12.6 Å². The van der Waals surface area contributed by atoms with Gasteiger partial charge in [0.2, 0.25) is 17.8 Å². The number of hydrogen-bond acceptors (Lipinski definition) is 6. The molecule has 3 aromatic rings. The van der Waals surface area contributed by atoms with E-state index >= 15 is 0 Å². The number of halogens is 3. The van der Waals surface area contributed by atoms with Crippen LogP contribution in [-0.2, 0) is 19.1 Å². The molecule has 40 heavy (non-hydrogen) atoms. The number of anilines is 2. The summed E-state index contributed by atoms with van der Waals surface area (Å²) in [6.45, 7) is -0.152. The number of ether oxygens (including phenoxy) is 1. The highest BCUT2D eigenvalue weighted by atomic mass is 35.5. The van der Waals surface area contributed by atoms with Crippen molar-refractivity contribution in [3.05, 3.63) is 83.6 Å². The van der Waals surface area contributed by atoms with Crippen LogP contribution in [0.1, 0.15) is 30.9 Å². The highest BCUT2D eigenvalue weighted by molar-refractivity contribution is 6.31. The summed E-state index contributed by atoms with van der Waals surface area (Å²) >= 11 is 6.52. The fraction of sp³-hybridized carbons (Fsp3) is 0.321. The van der Waals surface area contributed by atoms with E-state index in [1.807, 2.05) is 0 Å². The minimum absolute atomic E-state index is 0.0402. The zero-order chi connectivity index (χ0) is 28.3. The van der Waals surface area contributed by atoms with Crippen LogP contribution in [0, 0.1) is 0 Å². The van der Waals surface area contributed by atoms with Crippen molar-refractivity contribution in [3.8, 4) is 0 Å². The second kappa shape index (κ2) is 11.6. The maximum absolute atomic E-state index is 14.1. The number of carbonyl (C=O) groups excluding carboxylic acids is 3. The van der Waals surface area contributed by atoms with Crippen molar-refractivity contribution >= 4 is 41.0 Å². The lowest BCUT2D eigenvalue weighted by Crippen LogP contribution is -2.55. The molecule has 2 atom stereocenters. The van der Waals surface area contributed by atoms with Crippen LogP contribution < -0.4 is 15.1 Å². The van der Waals surface area contributed by atoms with E-state index in [-0.39, 0.29) is 30.6 Å². The van der Waals surface area contributed by atoms with Crippen LogP contribution in [0.4, 0.5) is 20.4 Å². The predicted octanol–water partition coefficient (Wildman–Crippen LogP) is 3.94. The maximum atomic E-state index is 14.1. The number of nitrogens with one attached hydrogen (secondary N) is 1. The molecule has 0 bridgehead atoms. The Morgan fingerprint density at radius 2 is 1.75 bits per heavy atom. The Morgan fingerprint density at radius 1 is 1.07 bits per heavy atom. The van der Waals surface area contributed by atoms with Gasteiger partial charge in [-0.15, -0.1) is 0 Å². The molecule has 1 saturated carbocycles. The third-order valence-electron chi connectivity index (χ3n) is 6.79. The first-order valence-corrected chi connectivity index (χ1v) is 13.1. The molecule has 1 N–H and O–H groups in total. The first kappa shape index (κ1) is 27.6. The van der Waals surface area contributed by atoms with Crippen molar-refractivity contribution in [1.82, 2.24) is 15.3 Å². The zero-order valence-corrected chi connectivity index (χ0v) is 22.0. The summed E-state index contributed by atoms with van der Waals surface area (Å²) in [5.41, 5.74) is 0.709. The molecule has 2 aliphatic rings. The van der Waals surface area contributed by atoms with Gasteiger partial charge in [-0.1, -0.05) is 48.0 Å². The van der Waals surface area contributed by atoms with Gasteiger partial charge < -0.3 is 10.1 Å². The largest absolute Gasteiger partial charge is 0.369 e. The average Bonchev–Trinajstić information content (AvgIpc) is 2.92. The van der Waals surface area contributed by atoms with Crippen LogP contribution >= 0.6 is 11.6 Å². The lowest BCUT2D eigenvalue weighted by Gasteiger charge is -2.39. The smallest absolute Gasteiger partial charge is 0.255 e. The topological polar surface area (TPSA) is 105 Å². The lowest BCUT2D eigenvalue weighted by atomic mass is 9.87. The van der Waals surface area contributed by atoms with Gasteiger partial charge in [-0.2, -0.15) is 0 Å². The number of rotatable bonds is 8. The van der Waals surface area contributed by atoms with Crippen LogP contribution in [0.25, 0.3) is 0 Å². The van der Waals surface area contributed by atoms with E-state index in [0.29, 0.717) is 11.3 Å². The van der Waals surface area contributed by atoms with E-state index in [9.17, 15) is 23.2 Å². The predicted molar refractivity (Wildman–Crippen MR) is 143 cm³/mol. The Morgan fingerprint density at radius 3 is 2.42 bits per heavy atom. The van der Waals surface area contributed by atoms with Crippen molar-refractivity contribution in [2.45, 2.75) is 43.3 Å². The SMILES string of the molecule is O=C(NC1CC(F)(F)C1)C(c1ccccc1Cl)N(C(=O)CC1COCC(=O)N1c1ncccn1)c1ccccc1. The number of morpholine rings is 1. The fourth-order valence-corrected chi connectivity index (χ4v) is 5.17. The molecular weight excluding hydrogens is 544 g/mol. The van der Waals surface area contributed by atoms with E-state index in [0.717, 1.165) is 0 Å². The summed E-state index contributed by atoms with van der Waals surface area (Å²) in [7, 11) is 0. The third kappa shape index (κ3) is 5.95. The van der Waals surface area contributed by atoms with E-state index in [1.165, 1.54) is 22.2 Å². The molecule has 9 nitrogen and oxygen atoms in total. The number of benzene rings is 2. The van der Waals surface area contributed by atoms with Gasteiger partial charge in [0.25, 0.3) is 11.8 Å². The van der Waals surface area contributed by atoms with E-state index in [2.05, 4.69) is 15.3 Å². The summed E-state index contributed by atoms with van der Waals surface area (Å²) in [6.07, 6.45) is 1.76. The number of carbonyl (C=O) groups is 3. The number of hydrogen-bond donors (Lipinski definition) is 1. The number of aromatic nitrogens is 2. The van der Waals surface area contributed by atoms with E-state index in [4.69, 9.17) is 16.3 Å². The molecule has 2 fully saturated rings. The van der Waals surface area contributed by atoms with Gasteiger partial charge in [-0.3, -0.25) is 24.2 Å². The number of para-hydroxylation sites is 1. The number of amides is 3. The number of nitrogens with zero attached hydrogens (tertiary/aromatic N) is 4. The zero-order valence-electron chi connectivity index (χ0n) is 21.3. The van der Waals surface area contributed by atoms with Gasteiger partial charge >= 0.3 is 0 Å². The van der Waals surface area contributed by atoms with Gasteiger partial charge in [-0.05, 0) is 24.3 Å². The lowest BCUT2D eigenvalue weighted by molar-refractivity contribution is -0.133. The molecule has 1 aromatic heterocycles. The van der Waals surface area contributed by atoms with Gasteiger partial charge in [-0.25, -0.2) is 18.7 Å². The normalized spacial score (nSPS) is 19.4. The van der Waals surface area contributed by atoms with Crippen molar-refractivity contribution in [3.63, 3.8) is 0 Å². The summed E-state index contributed by atoms with van der Waals surface area (Å²) in [4.78, 5) is 51.6. The molecule has 1 saturated heterocycles. The molecule has 12 heteroatoms. The average molecular weight is 570 g/mol. The maximum Gasteiger partial charge on any atom is 0.255 e. The number of alkyl halides is 2. The van der Waals surface area contributed by atoms with Crippen molar-refractivity contribution < 1.29 is 27.9 Å². The third-order valence-corrected chi connectivity index (χ3v) is 7.14. The van der Waals surface area contributed by atoms with Crippen LogP contribution in [-0.4, -0.2) is 58.9 Å². The van der Waals surface area contributed by atoms with Crippen molar-refractivity contribution in [2.75, 3.05) is 23.0 Å². The van der Waals surface area contributed by atoms with Crippen molar-refractivity contribution in [1.29, 1.82) is 0 Å². The van der Waals surface area contributed by atoms with Crippen molar-refractivity contribution in [2.24, 2.45) is 0 Å². The summed E-state index contributed by atoms with van der Waals surface area (Å²) < 4.78 is 32.6. The minimum Gasteiger partial charge on any atom is -0.369 e. The molecule has 3 amide bonds. The molecule has 0 spiro atoms. The minimum atomic E-state index is -2.84. The van der Waals surface area contributed by atoms with E-state index < -0.39 is 54.6 Å². The van der Waals surface area contributed by atoms with E-state index in [1.54, 1.807) is 60.7 Å². The van der Waals surface area contributed by atoms with Crippen LogP contribution in [0.3, 0.4) is 0 Å². The second-order valence-electron chi connectivity index (χ2n) is 9.68. The monoisotopic (exact) mass is 569 g/mol. The molecule has 5 rings (SSSR count). The highest BCUT2D eigenvalue weighted by Gasteiger charge is 2.47. The molecule has 0 radical (unpaired) electrons. The molecule has 208 valence electrons. The van der Waals surface area contributed by atoms with Crippen LogP contribution in [0.5, 0.6) is 0 Å². The molecule has 2 heterocycles. The first-order valence-electron chi connectivity index (χ1n) is 12.7. The summed E-state index contributed by atoms with van der Waals surface area (Å²) in [6, 6.07) is 13.9. The summed E-state index contributed by atoms with van der Waals surface area (Å²) in [5, 5.41) is 2.90. The first-order chi connectivity index (χ1) is 19.2. The van der Waals surface area contributed by atoms with Gasteiger partial charge in [0, 0.05) is 47.6 Å². The Bertz CT molecular complexity index is 1370. The Hall–Kier alpha value is -3.96. The molecular formula is C28H26ClF2N5O4. The standard InChI is InChI=1S/C28H26ClF2N5O4/c29-22-10-5-4-9-21(22)25(26(39)34-18-14-28(30,31)15-18)35(19-7-2-1-3-8-19)23(37)13-20-16-40-17-24(38)36(20)27-32-11-6-12-33-27/h1-12,18,20,25H,13-17H2,(H,34,39). The quantitative estimate of drug-likeness (QED) is 0.441. The molecule has 1 aliphatic carbocycles. The Labute approximate surface area is 234 Å². The van der Waals surface area contributed by atoms with Gasteiger partial charge in [0.15, 0.2) is 0 Å². The molecule has 2 unspecified atom stereocenters. The fourth-order valence-electron chi connectivity index (χ4n) is 4.93. The summed E-state index contributed by atoms with van der Waals surface area (Å²) in [5.74, 6) is -4.29.